The Morgan fingerprint density at radius 2 is 1.76 bits per heavy atom. The normalized spacial score (nSPS) is 18.6. The summed E-state index contributed by atoms with van der Waals surface area (Å²) in [6.07, 6.45) is 6.64. The zero-order valence-electron chi connectivity index (χ0n) is 20.8. The van der Waals surface area contributed by atoms with E-state index in [9.17, 15) is 4.79 Å². The number of nitrogens with zero attached hydrogens (tertiary/aromatic N) is 6. The molecule has 0 unspecified atom stereocenters. The molecule has 2 aromatic carbocycles. The number of amides is 1. The Morgan fingerprint density at radius 1 is 0.921 bits per heavy atom. The van der Waals surface area contributed by atoms with Crippen molar-refractivity contribution >= 4 is 28.3 Å². The average molecular weight is 516 g/mol. The van der Waals surface area contributed by atoms with Crippen LogP contribution in [0.2, 0.25) is 0 Å². The lowest BCUT2D eigenvalue weighted by molar-refractivity contribution is -0.117. The molecule has 2 saturated heterocycles. The van der Waals surface area contributed by atoms with Gasteiger partial charge >= 0.3 is 0 Å². The Bertz CT molecular complexity index is 1540. The molecular formula is C28H27F2N7O. The van der Waals surface area contributed by atoms with Crippen molar-refractivity contribution in [2.45, 2.75) is 50.4 Å². The van der Waals surface area contributed by atoms with Crippen molar-refractivity contribution in [3.05, 3.63) is 59.9 Å². The van der Waals surface area contributed by atoms with Crippen LogP contribution >= 0.6 is 0 Å². The van der Waals surface area contributed by atoms with Gasteiger partial charge in [0.2, 0.25) is 5.91 Å². The summed E-state index contributed by atoms with van der Waals surface area (Å²) < 4.78 is 30.4. The molecule has 3 fully saturated rings. The first-order valence-electron chi connectivity index (χ1n) is 13.3. The van der Waals surface area contributed by atoms with Gasteiger partial charge in [0.25, 0.3) is 0 Å². The summed E-state index contributed by atoms with van der Waals surface area (Å²) in [5, 5.41) is 7.85. The summed E-state index contributed by atoms with van der Waals surface area (Å²) in [6, 6.07) is 7.79. The van der Waals surface area contributed by atoms with Crippen LogP contribution < -0.4 is 9.80 Å². The number of aromatic amines is 1. The van der Waals surface area contributed by atoms with E-state index in [0.29, 0.717) is 59.8 Å². The van der Waals surface area contributed by atoms with Gasteiger partial charge in [-0.15, -0.1) is 0 Å². The van der Waals surface area contributed by atoms with E-state index in [4.69, 9.17) is 4.98 Å². The summed E-state index contributed by atoms with van der Waals surface area (Å²) in [4.78, 5) is 29.3. The molecule has 10 heteroatoms. The first-order valence-corrected chi connectivity index (χ1v) is 13.3. The highest BCUT2D eigenvalue weighted by molar-refractivity contribution is 6.00. The number of nitrogens with one attached hydrogen (secondary N) is 1. The lowest BCUT2D eigenvalue weighted by Gasteiger charge is -2.32. The van der Waals surface area contributed by atoms with Crippen LogP contribution in [-0.2, 0) is 4.79 Å². The maximum Gasteiger partial charge on any atom is 0.227 e. The molecule has 4 aromatic rings. The van der Waals surface area contributed by atoms with Crippen molar-refractivity contribution in [1.29, 1.82) is 0 Å². The van der Waals surface area contributed by atoms with Gasteiger partial charge in [-0.1, -0.05) is 6.07 Å². The minimum absolute atomic E-state index is 0.0725. The first-order chi connectivity index (χ1) is 18.6. The Hall–Kier alpha value is -3.95. The van der Waals surface area contributed by atoms with Crippen molar-refractivity contribution in [2.75, 3.05) is 29.4 Å². The number of carbonyl (C=O) groups is 1. The van der Waals surface area contributed by atoms with Crippen molar-refractivity contribution in [3.8, 4) is 11.1 Å². The molecule has 7 rings (SSSR count). The highest BCUT2D eigenvalue weighted by atomic mass is 19.1. The van der Waals surface area contributed by atoms with E-state index in [-0.39, 0.29) is 17.5 Å². The Morgan fingerprint density at radius 3 is 2.50 bits per heavy atom. The topological polar surface area (TPSA) is 90.9 Å². The van der Waals surface area contributed by atoms with Gasteiger partial charge in [0.1, 0.15) is 29.6 Å². The van der Waals surface area contributed by atoms with Crippen LogP contribution in [0.15, 0.2) is 36.7 Å². The summed E-state index contributed by atoms with van der Waals surface area (Å²) in [5.41, 5.74) is 1.90. The maximum atomic E-state index is 15.3. The van der Waals surface area contributed by atoms with Gasteiger partial charge in [0.05, 0.1) is 16.6 Å². The zero-order valence-corrected chi connectivity index (χ0v) is 20.8. The number of H-pyrrole nitrogens is 1. The quantitative estimate of drug-likeness (QED) is 0.399. The number of hydrogen-bond donors (Lipinski definition) is 1. The molecule has 0 atom stereocenters. The number of hydrogen-bond acceptors (Lipinski definition) is 6. The van der Waals surface area contributed by atoms with Gasteiger partial charge in [-0.25, -0.2) is 23.7 Å². The number of anilines is 2. The van der Waals surface area contributed by atoms with E-state index in [2.05, 4.69) is 25.1 Å². The van der Waals surface area contributed by atoms with Crippen molar-refractivity contribution < 1.29 is 13.6 Å². The summed E-state index contributed by atoms with van der Waals surface area (Å²) in [6.45, 7) is 1.92. The third-order valence-electron chi connectivity index (χ3n) is 7.98. The molecule has 1 saturated carbocycles. The minimum Gasteiger partial charge on any atom is -0.356 e. The average Bonchev–Trinajstić information content (AvgIpc) is 3.51. The van der Waals surface area contributed by atoms with Crippen molar-refractivity contribution in [2.24, 2.45) is 0 Å². The SMILES string of the molecule is O=C1CCCN1c1ccc(-c2ccc(F)c3c(N4CCC(c5nc(C6CC6)n[nH]5)CC4)ncnc23)cc1F. The molecule has 1 aliphatic carbocycles. The second-order valence-corrected chi connectivity index (χ2v) is 10.4. The first kappa shape index (κ1) is 23.2. The predicted octanol–water partition coefficient (Wildman–Crippen LogP) is 5.08. The highest BCUT2D eigenvalue weighted by Crippen LogP contribution is 2.40. The van der Waals surface area contributed by atoms with Gasteiger partial charge in [0, 0.05) is 43.5 Å². The summed E-state index contributed by atoms with van der Waals surface area (Å²) in [7, 11) is 0. The zero-order chi connectivity index (χ0) is 25.8. The fourth-order valence-electron chi connectivity index (χ4n) is 5.75. The molecule has 4 heterocycles. The van der Waals surface area contributed by atoms with Crippen LogP contribution in [0.3, 0.4) is 0 Å². The third kappa shape index (κ3) is 3.99. The molecule has 0 spiro atoms. The number of benzene rings is 2. The number of aromatic nitrogens is 5. The smallest absolute Gasteiger partial charge is 0.227 e. The van der Waals surface area contributed by atoms with Gasteiger partial charge in [-0.2, -0.15) is 5.10 Å². The fourth-order valence-corrected chi connectivity index (χ4v) is 5.75. The Kier molecular flexibility index (Phi) is 5.56. The van der Waals surface area contributed by atoms with E-state index in [0.717, 1.165) is 30.9 Å². The molecule has 2 aliphatic heterocycles. The number of fused-ring (bicyclic) bond motifs is 1. The molecule has 2 aromatic heterocycles. The van der Waals surface area contributed by atoms with E-state index in [1.165, 1.54) is 36.2 Å². The Balaban J connectivity index is 1.18. The van der Waals surface area contributed by atoms with E-state index >= 15 is 8.78 Å². The van der Waals surface area contributed by atoms with Crippen molar-refractivity contribution in [1.82, 2.24) is 25.1 Å². The number of rotatable bonds is 5. The number of piperidine rings is 1. The van der Waals surface area contributed by atoms with Crippen LogP contribution in [0.25, 0.3) is 22.0 Å². The molecule has 1 N–H and O–H groups in total. The second kappa shape index (κ2) is 9.11. The van der Waals surface area contributed by atoms with Crippen LogP contribution in [0, 0.1) is 11.6 Å². The molecular weight excluding hydrogens is 488 g/mol. The number of carbonyl (C=O) groups excluding carboxylic acids is 1. The molecule has 8 nitrogen and oxygen atoms in total. The van der Waals surface area contributed by atoms with E-state index in [1.54, 1.807) is 18.2 Å². The van der Waals surface area contributed by atoms with Crippen LogP contribution in [0.5, 0.6) is 0 Å². The lowest BCUT2D eigenvalue weighted by atomic mass is 9.95. The molecule has 38 heavy (non-hydrogen) atoms. The van der Waals surface area contributed by atoms with Crippen LogP contribution in [0.4, 0.5) is 20.3 Å². The van der Waals surface area contributed by atoms with Crippen molar-refractivity contribution in [3.63, 3.8) is 0 Å². The number of halogens is 2. The molecule has 0 radical (unpaired) electrons. The molecule has 0 bridgehead atoms. The maximum absolute atomic E-state index is 15.3. The predicted molar refractivity (Wildman–Crippen MR) is 139 cm³/mol. The van der Waals surface area contributed by atoms with E-state index < -0.39 is 11.6 Å². The van der Waals surface area contributed by atoms with Gasteiger partial charge in [0.15, 0.2) is 5.82 Å². The molecule has 3 aliphatic rings. The largest absolute Gasteiger partial charge is 0.356 e. The fraction of sp³-hybridized carbons (Fsp3) is 0.393. The second-order valence-electron chi connectivity index (χ2n) is 10.4. The van der Waals surface area contributed by atoms with E-state index in [1.807, 2.05) is 0 Å². The third-order valence-corrected chi connectivity index (χ3v) is 7.98. The van der Waals surface area contributed by atoms with Crippen LogP contribution in [0.1, 0.15) is 62.0 Å². The molecule has 194 valence electrons. The monoisotopic (exact) mass is 515 g/mol. The summed E-state index contributed by atoms with van der Waals surface area (Å²) in [5.74, 6) is 2.24. The van der Waals surface area contributed by atoms with Gasteiger partial charge in [-0.3, -0.25) is 9.89 Å². The lowest BCUT2D eigenvalue weighted by Crippen LogP contribution is -2.34. The highest BCUT2D eigenvalue weighted by Gasteiger charge is 2.31. The minimum atomic E-state index is -0.483. The van der Waals surface area contributed by atoms with Gasteiger partial charge < -0.3 is 9.80 Å². The molecule has 1 amide bonds. The standard InChI is InChI=1S/C28H27F2N7O/c29-20-7-6-19(18-5-8-22(21(30)14-18)37-11-1-2-23(37)38)25-24(20)28(32-15-31-25)36-12-9-17(10-13-36)27-33-26(34-35-27)16-3-4-16/h5-8,14-17H,1-4,9-13H2,(H,33,34,35). The summed E-state index contributed by atoms with van der Waals surface area (Å²) >= 11 is 0. The van der Waals surface area contributed by atoms with Crippen LogP contribution in [-0.4, -0.2) is 50.7 Å². The Labute approximate surface area is 218 Å². The van der Waals surface area contributed by atoms with Gasteiger partial charge in [-0.05, 0) is 61.9 Å².